The number of rotatable bonds is 3. The fourth-order valence-electron chi connectivity index (χ4n) is 2.50. The number of ether oxygens (including phenoxy) is 1. The van der Waals surface area contributed by atoms with Gasteiger partial charge in [0.15, 0.2) is 7.85 Å². The molecule has 23 heavy (non-hydrogen) atoms. The first-order valence-corrected chi connectivity index (χ1v) is 9.49. The van der Waals surface area contributed by atoms with Crippen LogP contribution in [-0.2, 0) is 4.75 Å². The van der Waals surface area contributed by atoms with Gasteiger partial charge in [-0.15, -0.1) is 23.1 Å². The van der Waals surface area contributed by atoms with Crippen molar-refractivity contribution in [1.82, 2.24) is 4.98 Å². The first-order chi connectivity index (χ1) is 10.9. The average Bonchev–Trinajstić information content (AvgIpc) is 2.99. The van der Waals surface area contributed by atoms with Crippen molar-refractivity contribution in [1.29, 1.82) is 0 Å². The number of benzene rings is 1. The molecular formula is C15H14BCl2NO2S2. The van der Waals surface area contributed by atoms with Gasteiger partial charge in [0, 0.05) is 0 Å². The Morgan fingerprint density at radius 2 is 2.00 bits per heavy atom. The van der Waals surface area contributed by atoms with Gasteiger partial charge in [0.05, 0.1) is 47.8 Å². The van der Waals surface area contributed by atoms with Gasteiger partial charge in [-0.1, -0.05) is 23.2 Å². The highest BCUT2D eigenvalue weighted by Gasteiger charge is 2.38. The molecule has 2 aromatic rings. The predicted octanol–water partition coefficient (Wildman–Crippen LogP) is 4.79. The molecule has 0 radical (unpaired) electrons. The summed E-state index contributed by atoms with van der Waals surface area (Å²) in [6, 6.07) is 3.42. The zero-order valence-electron chi connectivity index (χ0n) is 12.8. The molecule has 120 valence electrons. The van der Waals surface area contributed by atoms with Crippen molar-refractivity contribution < 1.29 is 9.84 Å². The van der Waals surface area contributed by atoms with E-state index in [-0.39, 0.29) is 10.5 Å². The molecule has 1 aromatic heterocycles. The van der Waals surface area contributed by atoms with E-state index in [0.29, 0.717) is 32.8 Å². The van der Waals surface area contributed by atoms with E-state index in [1.165, 1.54) is 23.1 Å². The summed E-state index contributed by atoms with van der Waals surface area (Å²) in [5, 5.41) is 11.7. The van der Waals surface area contributed by atoms with Crippen LogP contribution in [0.3, 0.4) is 0 Å². The molecule has 0 unspecified atom stereocenters. The Morgan fingerprint density at radius 3 is 2.70 bits per heavy atom. The zero-order chi connectivity index (χ0) is 16.8. The normalized spacial score (nSPS) is 16.3. The van der Waals surface area contributed by atoms with Crippen molar-refractivity contribution in [3.8, 4) is 5.75 Å². The number of aromatic nitrogens is 1. The molecule has 0 amide bonds. The van der Waals surface area contributed by atoms with Crippen LogP contribution in [0.15, 0.2) is 17.6 Å². The Bertz CT molecular complexity index is 805. The Balaban J connectivity index is 2.28. The highest BCUT2D eigenvalue weighted by molar-refractivity contribution is 8.09. The lowest BCUT2D eigenvalue weighted by atomic mass is 10.1. The summed E-state index contributed by atoms with van der Waals surface area (Å²) in [4.78, 5) is 5.84. The molecule has 8 heteroatoms. The monoisotopic (exact) mass is 385 g/mol. The third-order valence-electron chi connectivity index (χ3n) is 3.50. The lowest BCUT2D eigenvalue weighted by Gasteiger charge is -2.30. The van der Waals surface area contributed by atoms with Crippen molar-refractivity contribution in [2.24, 2.45) is 0 Å². The molecule has 0 spiro atoms. The van der Waals surface area contributed by atoms with Crippen molar-refractivity contribution in [2.75, 3.05) is 6.51 Å². The van der Waals surface area contributed by atoms with Crippen molar-refractivity contribution >= 4 is 64.8 Å². The number of thioether (sulfide) groups is 1. The number of nitrogens with zero attached hydrogens (tertiary/aromatic N) is 1. The Kier molecular flexibility index (Phi) is 4.62. The summed E-state index contributed by atoms with van der Waals surface area (Å²) >= 11 is 15.6. The number of aliphatic hydroxyl groups is 1. The van der Waals surface area contributed by atoms with Crippen LogP contribution in [0.4, 0.5) is 0 Å². The zero-order valence-corrected chi connectivity index (χ0v) is 16.0. The van der Waals surface area contributed by atoms with E-state index in [0.717, 1.165) is 10.6 Å². The number of hydrogen-bond acceptors (Lipinski definition) is 5. The number of hydrogen-bond donors (Lipinski definition) is 1. The second-order valence-corrected chi connectivity index (χ2v) is 8.79. The van der Waals surface area contributed by atoms with Crippen LogP contribution in [-0.4, -0.2) is 24.4 Å². The van der Waals surface area contributed by atoms with E-state index >= 15 is 0 Å². The quantitative estimate of drug-likeness (QED) is 0.771. The van der Waals surface area contributed by atoms with Gasteiger partial charge in [0.25, 0.3) is 0 Å². The van der Waals surface area contributed by atoms with Gasteiger partial charge in [0.1, 0.15) is 11.5 Å². The van der Waals surface area contributed by atoms with Crippen molar-refractivity contribution in [3.63, 3.8) is 0 Å². The highest BCUT2D eigenvalue weighted by Crippen LogP contribution is 2.56. The summed E-state index contributed by atoms with van der Waals surface area (Å²) in [6.45, 7) is 4.60. The Morgan fingerprint density at radius 1 is 1.30 bits per heavy atom. The maximum atomic E-state index is 10.8. The molecule has 0 saturated heterocycles. The van der Waals surface area contributed by atoms with Gasteiger partial charge >= 0.3 is 0 Å². The minimum Gasteiger partial charge on any atom is -0.505 e. The molecule has 0 fully saturated rings. The fraction of sp³-hybridized carbons (Fsp3) is 0.267. The second kappa shape index (κ2) is 6.24. The van der Waals surface area contributed by atoms with Crippen LogP contribution in [0, 0.1) is 0 Å². The molecule has 3 nitrogen and oxygen atoms in total. The number of fused-ring (bicyclic) bond motifs is 1. The van der Waals surface area contributed by atoms with E-state index in [1.54, 1.807) is 17.6 Å². The number of thiazole rings is 1. The molecule has 1 N–H and O–H groups in total. The van der Waals surface area contributed by atoms with E-state index in [1.807, 2.05) is 7.85 Å². The molecular weight excluding hydrogens is 372 g/mol. The van der Waals surface area contributed by atoms with Crippen LogP contribution in [0.1, 0.15) is 30.0 Å². The van der Waals surface area contributed by atoms with Crippen LogP contribution < -0.4 is 4.74 Å². The van der Waals surface area contributed by atoms with Crippen LogP contribution in [0.2, 0.25) is 10.0 Å². The molecule has 0 aliphatic carbocycles. The summed E-state index contributed by atoms with van der Waals surface area (Å²) in [7, 11) is 1.88. The Hall–Kier alpha value is -0.815. The fourth-order valence-corrected chi connectivity index (χ4v) is 5.30. The molecule has 3 rings (SSSR count). The first-order valence-electron chi connectivity index (χ1n) is 7.04. The second-order valence-electron chi connectivity index (χ2n) is 5.49. The molecule has 1 aliphatic rings. The predicted molar refractivity (Wildman–Crippen MR) is 103 cm³/mol. The highest BCUT2D eigenvalue weighted by atomic mass is 35.5. The minimum atomic E-state index is -0.286. The topological polar surface area (TPSA) is 42.4 Å². The van der Waals surface area contributed by atoms with Gasteiger partial charge in [-0.05, 0) is 26.0 Å². The molecule has 1 aromatic carbocycles. The third kappa shape index (κ3) is 2.86. The Labute approximate surface area is 154 Å². The lowest BCUT2D eigenvalue weighted by molar-refractivity contribution is 0.386. The van der Waals surface area contributed by atoms with Gasteiger partial charge in [-0.25, -0.2) is 4.98 Å². The van der Waals surface area contributed by atoms with Crippen LogP contribution in [0.5, 0.6) is 5.75 Å². The van der Waals surface area contributed by atoms with E-state index < -0.39 is 0 Å². The van der Waals surface area contributed by atoms with Crippen molar-refractivity contribution in [2.45, 2.75) is 18.6 Å². The first kappa shape index (κ1) is 17.0. The van der Waals surface area contributed by atoms with Gasteiger partial charge in [-0.2, -0.15) is 0 Å². The van der Waals surface area contributed by atoms with Gasteiger partial charge in [-0.3, -0.25) is 0 Å². The van der Waals surface area contributed by atoms with E-state index in [4.69, 9.17) is 27.9 Å². The largest absolute Gasteiger partial charge is 0.505 e. The van der Waals surface area contributed by atoms with Crippen LogP contribution >= 0.6 is 46.3 Å². The standard InChI is InChI=1S/C15H14BCl2NO2S2/c1-15(2)14-13(22-6-19-14)10(20)12(23-15)9-7(17)3-4-8(18)11(9)21-5-16/h3-4,6,20H,5,16H2,1-2H3. The maximum absolute atomic E-state index is 10.8. The SMILES string of the molecule is BCOc1c(Cl)ccc(Cl)c1C1=C(O)c2scnc2C(C)(C)S1. The summed E-state index contributed by atoms with van der Waals surface area (Å²) in [6.07, 6.45) is 0. The number of aliphatic hydroxyl groups excluding tert-OH is 1. The van der Waals surface area contributed by atoms with Gasteiger partial charge < -0.3 is 9.84 Å². The maximum Gasteiger partial charge on any atom is 0.150 e. The van der Waals surface area contributed by atoms with E-state index in [9.17, 15) is 5.11 Å². The summed E-state index contributed by atoms with van der Waals surface area (Å²) < 4.78 is 5.41. The van der Waals surface area contributed by atoms with Crippen molar-refractivity contribution in [3.05, 3.63) is 43.8 Å². The average molecular weight is 386 g/mol. The minimum absolute atomic E-state index is 0.178. The smallest absolute Gasteiger partial charge is 0.150 e. The number of halogens is 2. The molecule has 2 heterocycles. The summed E-state index contributed by atoms with van der Waals surface area (Å²) in [5.41, 5.74) is 3.26. The van der Waals surface area contributed by atoms with Crippen LogP contribution in [0.25, 0.3) is 10.7 Å². The molecule has 0 saturated carbocycles. The molecule has 0 bridgehead atoms. The molecule has 0 atom stereocenters. The van der Waals surface area contributed by atoms with Gasteiger partial charge in [0.2, 0.25) is 0 Å². The molecule has 1 aliphatic heterocycles. The summed E-state index contributed by atoms with van der Waals surface area (Å²) in [5.74, 6) is 0.677. The third-order valence-corrected chi connectivity index (χ3v) is 6.25. The lowest BCUT2D eigenvalue weighted by Crippen LogP contribution is -2.19. The van der Waals surface area contributed by atoms with E-state index in [2.05, 4.69) is 18.8 Å².